The number of hydrogen-bond donors (Lipinski definition) is 3. The average molecular weight is 308 g/mol. The van der Waals surface area contributed by atoms with Crippen LogP contribution >= 0.6 is 15.9 Å². The average Bonchev–Trinajstić information content (AvgIpc) is 2.33. The van der Waals surface area contributed by atoms with Gasteiger partial charge in [-0.15, -0.1) is 0 Å². The smallest absolute Gasteiger partial charge is 0.164 e. The molecule has 1 aliphatic carbocycles. The summed E-state index contributed by atoms with van der Waals surface area (Å²) in [7, 11) is 0. The predicted molar refractivity (Wildman–Crippen MR) is 70.2 cm³/mol. The third-order valence-electron chi connectivity index (χ3n) is 2.27. The van der Waals surface area contributed by atoms with Crippen LogP contribution in [0.25, 0.3) is 0 Å². The Bertz CT molecular complexity index is 367. The molecule has 17 heavy (non-hydrogen) atoms. The van der Waals surface area contributed by atoms with E-state index < -0.39 is 23.1 Å². The molecule has 3 nitrogen and oxygen atoms in total. The van der Waals surface area contributed by atoms with Crippen molar-refractivity contribution in [2.45, 2.75) is 20.3 Å². The van der Waals surface area contributed by atoms with Crippen molar-refractivity contribution in [2.75, 3.05) is 6.54 Å². The van der Waals surface area contributed by atoms with Gasteiger partial charge in [-0.3, -0.25) is 10.8 Å². The maximum atomic E-state index is 12.7. The SMILES string of the molecule is CCC(C)CN.N=C1C(=N)C(F)=C(Br)C=C1F. The second-order valence-electron chi connectivity index (χ2n) is 3.65. The Kier molecular flexibility index (Phi) is 7.06. The Labute approximate surface area is 108 Å². The standard InChI is InChI=1S/C6H3BrF2N2.C5H13N/c7-2-1-3(8)5(10)6(11)4(2)9;1-3-5(2)4-6/h1,10-11H;5H,3-4,6H2,1-2H3. The fourth-order valence-corrected chi connectivity index (χ4v) is 1.16. The summed E-state index contributed by atoms with van der Waals surface area (Å²) in [6, 6.07) is 0. The van der Waals surface area contributed by atoms with Crippen LogP contribution < -0.4 is 5.73 Å². The van der Waals surface area contributed by atoms with E-state index in [1.807, 2.05) is 0 Å². The molecule has 0 bridgehead atoms. The molecule has 6 heteroatoms. The molecule has 96 valence electrons. The van der Waals surface area contributed by atoms with Crippen LogP contribution in [0.1, 0.15) is 20.3 Å². The molecule has 0 spiro atoms. The van der Waals surface area contributed by atoms with Crippen LogP contribution in [0.15, 0.2) is 22.2 Å². The van der Waals surface area contributed by atoms with Gasteiger partial charge in [-0.25, -0.2) is 8.78 Å². The molecule has 4 N–H and O–H groups in total. The number of nitrogens with one attached hydrogen (secondary N) is 2. The van der Waals surface area contributed by atoms with E-state index >= 15 is 0 Å². The van der Waals surface area contributed by atoms with Gasteiger partial charge in [0.05, 0.1) is 4.48 Å². The van der Waals surface area contributed by atoms with E-state index in [1.165, 1.54) is 6.42 Å². The highest BCUT2D eigenvalue weighted by Gasteiger charge is 2.22. The zero-order valence-electron chi connectivity index (χ0n) is 9.78. The van der Waals surface area contributed by atoms with Gasteiger partial charge in [0.25, 0.3) is 0 Å². The number of hydrogen-bond acceptors (Lipinski definition) is 3. The number of nitrogens with two attached hydrogens (primary N) is 1. The van der Waals surface area contributed by atoms with E-state index in [0.29, 0.717) is 5.92 Å². The van der Waals surface area contributed by atoms with E-state index in [-0.39, 0.29) is 4.48 Å². The third-order valence-corrected chi connectivity index (χ3v) is 2.85. The first-order valence-corrected chi connectivity index (χ1v) is 5.95. The topological polar surface area (TPSA) is 73.7 Å². The second kappa shape index (κ2) is 7.45. The molecular weight excluding hydrogens is 292 g/mol. The first kappa shape index (κ1) is 16.1. The van der Waals surface area contributed by atoms with Gasteiger partial charge in [0.1, 0.15) is 11.4 Å². The van der Waals surface area contributed by atoms with E-state index in [1.54, 1.807) is 0 Å². The van der Waals surface area contributed by atoms with Crippen molar-refractivity contribution in [3.8, 4) is 0 Å². The van der Waals surface area contributed by atoms with Crippen LogP contribution in [0.4, 0.5) is 8.78 Å². The minimum absolute atomic E-state index is 0.129. The highest BCUT2D eigenvalue weighted by molar-refractivity contribution is 9.12. The molecule has 0 aromatic rings. The molecule has 0 heterocycles. The summed E-state index contributed by atoms with van der Waals surface area (Å²) in [5, 5.41) is 13.8. The van der Waals surface area contributed by atoms with Gasteiger partial charge in [-0.1, -0.05) is 20.3 Å². The van der Waals surface area contributed by atoms with Gasteiger partial charge in [-0.05, 0) is 34.5 Å². The maximum absolute atomic E-state index is 12.7. The van der Waals surface area contributed by atoms with Gasteiger partial charge in [-0.2, -0.15) is 0 Å². The summed E-state index contributed by atoms with van der Waals surface area (Å²) in [4.78, 5) is 0. The largest absolute Gasteiger partial charge is 0.330 e. The summed E-state index contributed by atoms with van der Waals surface area (Å²) in [5.74, 6) is -1.09. The quantitative estimate of drug-likeness (QED) is 0.671. The summed E-state index contributed by atoms with van der Waals surface area (Å²) < 4.78 is 25.0. The summed E-state index contributed by atoms with van der Waals surface area (Å²) in [5.41, 5.74) is 3.84. The van der Waals surface area contributed by atoms with Crippen molar-refractivity contribution in [3.63, 3.8) is 0 Å². The molecule has 0 aromatic heterocycles. The molecule has 0 radical (unpaired) electrons. The summed E-state index contributed by atoms with van der Waals surface area (Å²) in [6.07, 6.45) is 2.03. The van der Waals surface area contributed by atoms with Crippen LogP contribution in [-0.2, 0) is 0 Å². The van der Waals surface area contributed by atoms with Crippen LogP contribution in [0, 0.1) is 16.7 Å². The Morgan fingerprint density at radius 2 is 1.88 bits per heavy atom. The molecule has 0 saturated carbocycles. The van der Waals surface area contributed by atoms with Gasteiger partial charge in [0.2, 0.25) is 0 Å². The van der Waals surface area contributed by atoms with Crippen molar-refractivity contribution in [2.24, 2.45) is 11.7 Å². The fraction of sp³-hybridized carbons (Fsp3) is 0.455. The van der Waals surface area contributed by atoms with Gasteiger partial charge >= 0.3 is 0 Å². The Morgan fingerprint density at radius 3 is 2.24 bits per heavy atom. The van der Waals surface area contributed by atoms with Crippen LogP contribution in [0.2, 0.25) is 0 Å². The van der Waals surface area contributed by atoms with E-state index in [0.717, 1.165) is 12.6 Å². The van der Waals surface area contributed by atoms with E-state index in [9.17, 15) is 8.78 Å². The van der Waals surface area contributed by atoms with Gasteiger partial charge in [0, 0.05) is 0 Å². The van der Waals surface area contributed by atoms with Gasteiger partial charge in [0.15, 0.2) is 11.7 Å². The monoisotopic (exact) mass is 307 g/mol. The van der Waals surface area contributed by atoms with Crippen molar-refractivity contribution in [1.29, 1.82) is 10.8 Å². The Morgan fingerprint density at radius 1 is 1.35 bits per heavy atom. The predicted octanol–water partition coefficient (Wildman–Crippen LogP) is 3.46. The number of allylic oxidation sites excluding steroid dienone is 4. The zero-order chi connectivity index (χ0) is 13.6. The Hall–Kier alpha value is -0.880. The van der Waals surface area contributed by atoms with Crippen molar-refractivity contribution >= 4 is 27.4 Å². The van der Waals surface area contributed by atoms with Crippen LogP contribution in [0.3, 0.4) is 0 Å². The zero-order valence-corrected chi connectivity index (χ0v) is 11.4. The van der Waals surface area contributed by atoms with E-state index in [4.69, 9.17) is 16.6 Å². The Balaban J connectivity index is 0.000000366. The molecule has 0 aliphatic heterocycles. The number of halogens is 3. The minimum atomic E-state index is -0.906. The maximum Gasteiger partial charge on any atom is 0.164 e. The summed E-state index contributed by atoms with van der Waals surface area (Å²) in [6.45, 7) is 5.13. The lowest BCUT2D eigenvalue weighted by Crippen LogP contribution is -2.17. The molecule has 0 fully saturated rings. The molecule has 1 rings (SSSR count). The molecule has 1 atom stereocenters. The van der Waals surface area contributed by atoms with Crippen molar-refractivity contribution < 1.29 is 8.78 Å². The van der Waals surface area contributed by atoms with Crippen LogP contribution in [-0.4, -0.2) is 18.0 Å². The highest BCUT2D eigenvalue weighted by Crippen LogP contribution is 2.24. The normalized spacial score (nSPS) is 17.4. The molecule has 0 amide bonds. The molecule has 1 unspecified atom stereocenters. The number of rotatable bonds is 2. The molecule has 0 saturated heterocycles. The van der Waals surface area contributed by atoms with Crippen molar-refractivity contribution in [3.05, 3.63) is 22.2 Å². The minimum Gasteiger partial charge on any atom is -0.330 e. The lowest BCUT2D eigenvalue weighted by Gasteiger charge is -2.07. The summed E-state index contributed by atoms with van der Waals surface area (Å²) >= 11 is 2.71. The molecule has 0 aromatic carbocycles. The molecule has 1 aliphatic rings. The van der Waals surface area contributed by atoms with Gasteiger partial charge < -0.3 is 5.73 Å². The van der Waals surface area contributed by atoms with E-state index in [2.05, 4.69) is 29.8 Å². The fourth-order valence-electron chi connectivity index (χ4n) is 0.762. The first-order valence-electron chi connectivity index (χ1n) is 5.15. The lowest BCUT2D eigenvalue weighted by atomic mass is 10.1. The second-order valence-corrected chi connectivity index (χ2v) is 4.51. The molecular formula is C11H16BrF2N3. The van der Waals surface area contributed by atoms with Crippen molar-refractivity contribution in [1.82, 2.24) is 0 Å². The van der Waals surface area contributed by atoms with Crippen LogP contribution in [0.5, 0.6) is 0 Å². The third kappa shape index (κ3) is 4.87. The highest BCUT2D eigenvalue weighted by atomic mass is 79.9. The lowest BCUT2D eigenvalue weighted by molar-refractivity contribution is 0.576. The first-order chi connectivity index (χ1) is 7.84.